The number of nitrogens with zero attached hydrogens (tertiary/aromatic N) is 2. The zero-order valence-electron chi connectivity index (χ0n) is 19.5. The summed E-state index contributed by atoms with van der Waals surface area (Å²) < 4.78 is 18.9. The first-order valence-corrected chi connectivity index (χ1v) is 12.1. The van der Waals surface area contributed by atoms with Crippen molar-refractivity contribution in [3.63, 3.8) is 0 Å². The van der Waals surface area contributed by atoms with Crippen molar-refractivity contribution in [2.75, 3.05) is 18.0 Å². The highest BCUT2D eigenvalue weighted by atomic mass is 19.1. The predicted octanol–water partition coefficient (Wildman–Crippen LogP) is 6.08. The molecule has 1 atom stereocenters. The van der Waals surface area contributed by atoms with Crippen molar-refractivity contribution < 1.29 is 18.5 Å². The first-order valence-electron chi connectivity index (χ1n) is 12.1. The molecule has 0 saturated carbocycles. The number of fused-ring (bicyclic) bond motifs is 2. The number of rotatable bonds is 4. The first kappa shape index (κ1) is 21.7. The number of hydrogen-bond donors (Lipinski definition) is 0. The summed E-state index contributed by atoms with van der Waals surface area (Å²) >= 11 is 0. The molecule has 3 aromatic carbocycles. The Morgan fingerprint density at radius 3 is 2.51 bits per heavy atom. The molecule has 176 valence electrons. The number of halogens is 1. The number of benzene rings is 3. The SMILES string of the molecule is CCC1(c2ccccc2)C(=O)c2cccc(N3CCC(c4noc5cc(F)ccc45)CC3)c2C1=O. The topological polar surface area (TPSA) is 63.4 Å². The van der Waals surface area contributed by atoms with Crippen LogP contribution in [0.4, 0.5) is 10.1 Å². The van der Waals surface area contributed by atoms with Crippen LogP contribution in [0.2, 0.25) is 0 Å². The minimum atomic E-state index is -1.16. The molecule has 0 amide bonds. The zero-order valence-corrected chi connectivity index (χ0v) is 19.5. The van der Waals surface area contributed by atoms with E-state index in [4.69, 9.17) is 4.52 Å². The minimum absolute atomic E-state index is 0.103. The summed E-state index contributed by atoms with van der Waals surface area (Å²) in [4.78, 5) is 29.8. The molecule has 0 N–H and O–H groups in total. The number of carbonyl (C=O) groups is 2. The quantitative estimate of drug-likeness (QED) is 0.340. The van der Waals surface area contributed by atoms with E-state index in [1.54, 1.807) is 12.1 Å². The van der Waals surface area contributed by atoms with Gasteiger partial charge >= 0.3 is 0 Å². The van der Waals surface area contributed by atoms with Crippen LogP contribution in [0.15, 0.2) is 71.3 Å². The Bertz CT molecular complexity index is 1450. The van der Waals surface area contributed by atoms with Crippen molar-refractivity contribution in [1.29, 1.82) is 0 Å². The average Bonchev–Trinajstić information content (AvgIpc) is 3.41. The van der Waals surface area contributed by atoms with Gasteiger partial charge in [-0.25, -0.2) is 4.39 Å². The molecule has 1 saturated heterocycles. The van der Waals surface area contributed by atoms with Gasteiger partial charge in [-0.05, 0) is 43.0 Å². The van der Waals surface area contributed by atoms with E-state index < -0.39 is 5.41 Å². The van der Waals surface area contributed by atoms with E-state index in [1.165, 1.54) is 12.1 Å². The van der Waals surface area contributed by atoms with Gasteiger partial charge in [-0.15, -0.1) is 0 Å². The van der Waals surface area contributed by atoms with Gasteiger partial charge in [0.25, 0.3) is 0 Å². The smallest absolute Gasteiger partial charge is 0.184 e. The molecule has 0 spiro atoms. The van der Waals surface area contributed by atoms with E-state index in [1.807, 2.05) is 49.4 Å². The average molecular weight is 469 g/mol. The van der Waals surface area contributed by atoms with Crippen molar-refractivity contribution in [3.8, 4) is 0 Å². The molecule has 5 nitrogen and oxygen atoms in total. The molecule has 0 radical (unpaired) electrons. The molecule has 1 aliphatic heterocycles. The van der Waals surface area contributed by atoms with E-state index >= 15 is 0 Å². The highest BCUT2D eigenvalue weighted by Crippen LogP contribution is 2.46. The van der Waals surface area contributed by atoms with Crippen LogP contribution < -0.4 is 4.90 Å². The Morgan fingerprint density at radius 2 is 1.77 bits per heavy atom. The van der Waals surface area contributed by atoms with Crippen LogP contribution in [-0.2, 0) is 5.41 Å². The third-order valence-corrected chi connectivity index (χ3v) is 7.77. The van der Waals surface area contributed by atoms with Crippen LogP contribution in [0.25, 0.3) is 11.0 Å². The molecule has 6 heteroatoms. The largest absolute Gasteiger partial charge is 0.371 e. The molecule has 4 aromatic rings. The Hall–Kier alpha value is -3.80. The van der Waals surface area contributed by atoms with Crippen LogP contribution in [0.3, 0.4) is 0 Å². The van der Waals surface area contributed by atoms with Gasteiger partial charge in [0.15, 0.2) is 17.1 Å². The van der Waals surface area contributed by atoms with Gasteiger partial charge in [0, 0.05) is 41.7 Å². The van der Waals surface area contributed by atoms with Gasteiger partial charge in [-0.1, -0.05) is 54.5 Å². The Morgan fingerprint density at radius 1 is 1.00 bits per heavy atom. The lowest BCUT2D eigenvalue weighted by molar-refractivity contribution is 0.0789. The summed E-state index contributed by atoms with van der Waals surface area (Å²) in [5.74, 6) is -0.366. The highest BCUT2D eigenvalue weighted by molar-refractivity contribution is 6.34. The lowest BCUT2D eigenvalue weighted by Gasteiger charge is -2.34. The molecular weight excluding hydrogens is 443 g/mol. The second-order valence-corrected chi connectivity index (χ2v) is 9.45. The number of hydrogen-bond acceptors (Lipinski definition) is 5. The summed E-state index contributed by atoms with van der Waals surface area (Å²) in [5.41, 5.74) is 2.81. The number of anilines is 1. The minimum Gasteiger partial charge on any atom is -0.371 e. The van der Waals surface area contributed by atoms with Crippen molar-refractivity contribution in [3.05, 3.63) is 94.9 Å². The summed E-state index contributed by atoms with van der Waals surface area (Å²) in [7, 11) is 0. The molecule has 1 aromatic heterocycles. The van der Waals surface area contributed by atoms with Gasteiger partial charge in [-0.3, -0.25) is 9.59 Å². The molecule has 2 aliphatic rings. The summed E-state index contributed by atoms with van der Waals surface area (Å²) in [6.07, 6.45) is 2.07. The molecule has 1 aliphatic carbocycles. The van der Waals surface area contributed by atoms with Gasteiger partial charge in [-0.2, -0.15) is 0 Å². The number of piperidine rings is 1. The van der Waals surface area contributed by atoms with Gasteiger partial charge in [0.1, 0.15) is 11.2 Å². The fraction of sp³-hybridized carbons (Fsp3) is 0.276. The molecule has 0 bridgehead atoms. The third-order valence-electron chi connectivity index (χ3n) is 7.77. The number of Topliss-reactive ketones (excluding diaryl/α,β-unsaturated/α-hetero) is 2. The monoisotopic (exact) mass is 468 g/mol. The Labute approximate surface area is 202 Å². The van der Waals surface area contributed by atoms with Crippen LogP contribution in [0.1, 0.15) is 64.1 Å². The second-order valence-electron chi connectivity index (χ2n) is 9.45. The Balaban J connectivity index is 1.31. The maximum atomic E-state index is 13.9. The predicted molar refractivity (Wildman–Crippen MR) is 132 cm³/mol. The number of carbonyl (C=O) groups excluding carboxylic acids is 2. The van der Waals surface area contributed by atoms with E-state index in [2.05, 4.69) is 10.1 Å². The van der Waals surface area contributed by atoms with Gasteiger partial charge < -0.3 is 9.42 Å². The van der Waals surface area contributed by atoms with Crippen LogP contribution in [0.5, 0.6) is 0 Å². The lowest BCUT2D eigenvalue weighted by atomic mass is 9.74. The molecule has 1 fully saturated rings. The molecule has 1 unspecified atom stereocenters. The fourth-order valence-corrected chi connectivity index (χ4v) is 5.91. The molecule has 35 heavy (non-hydrogen) atoms. The van der Waals surface area contributed by atoms with Crippen LogP contribution >= 0.6 is 0 Å². The lowest BCUT2D eigenvalue weighted by Crippen LogP contribution is -2.38. The fourth-order valence-electron chi connectivity index (χ4n) is 5.91. The summed E-state index contributed by atoms with van der Waals surface area (Å²) in [6.45, 7) is 3.36. The van der Waals surface area contributed by atoms with E-state index in [0.29, 0.717) is 23.1 Å². The van der Waals surface area contributed by atoms with Crippen molar-refractivity contribution in [2.24, 2.45) is 0 Å². The van der Waals surface area contributed by atoms with Crippen molar-refractivity contribution in [1.82, 2.24) is 5.16 Å². The zero-order chi connectivity index (χ0) is 24.2. The first-order chi connectivity index (χ1) is 17.0. The highest BCUT2D eigenvalue weighted by Gasteiger charge is 2.54. The van der Waals surface area contributed by atoms with Crippen LogP contribution in [-0.4, -0.2) is 29.8 Å². The normalized spacial score (nSPS) is 20.6. The Kier molecular flexibility index (Phi) is 5.06. The molecule has 2 heterocycles. The third kappa shape index (κ3) is 3.16. The van der Waals surface area contributed by atoms with Crippen molar-refractivity contribution >= 4 is 28.2 Å². The van der Waals surface area contributed by atoms with Crippen molar-refractivity contribution in [2.45, 2.75) is 37.5 Å². The van der Waals surface area contributed by atoms with E-state index in [9.17, 15) is 14.0 Å². The maximum Gasteiger partial charge on any atom is 0.184 e. The number of ketones is 2. The standard InChI is InChI=1S/C29H25FN2O3/c1-2-29(19-7-4-3-5-8-19)27(33)22-9-6-10-23(25(22)28(29)34)32-15-13-18(14-16-32)26-21-12-11-20(30)17-24(21)35-31-26/h3-12,17-18H,2,13-16H2,1H3. The molecule has 6 rings (SSSR count). The maximum absolute atomic E-state index is 13.9. The van der Waals surface area contributed by atoms with Crippen LogP contribution in [0, 0.1) is 5.82 Å². The number of aromatic nitrogens is 1. The summed E-state index contributed by atoms with van der Waals surface area (Å²) in [5, 5.41) is 5.09. The van der Waals surface area contributed by atoms with E-state index in [-0.39, 0.29) is 23.3 Å². The second kappa shape index (κ2) is 8.15. The molecular formula is C29H25FN2O3. The van der Waals surface area contributed by atoms with Gasteiger partial charge in [0.05, 0.1) is 11.3 Å². The van der Waals surface area contributed by atoms with Gasteiger partial charge in [0.2, 0.25) is 0 Å². The summed E-state index contributed by atoms with van der Waals surface area (Å²) in [6, 6.07) is 19.6. The van der Waals surface area contributed by atoms with E-state index in [0.717, 1.165) is 48.3 Å².